The zero-order valence-corrected chi connectivity index (χ0v) is 13.7. The third-order valence-electron chi connectivity index (χ3n) is 3.68. The SMILES string of the molecule is O=C(CN(c1ccccc1F)S(=O)(=O)c1ccccc1)NC1CC1. The Bertz CT molecular complexity index is 836. The molecular formula is C17H17FN2O3S. The molecular weight excluding hydrogens is 331 g/mol. The van der Waals surface area contributed by atoms with Gasteiger partial charge in [-0.3, -0.25) is 9.10 Å². The van der Waals surface area contributed by atoms with Crippen LogP contribution >= 0.6 is 0 Å². The summed E-state index contributed by atoms with van der Waals surface area (Å²) in [6, 6.07) is 13.3. The standard InChI is InChI=1S/C17H17FN2O3S/c18-15-8-4-5-9-16(15)20(12-17(21)19-13-10-11-13)24(22,23)14-6-2-1-3-7-14/h1-9,13H,10-12H2,(H,19,21). The molecule has 0 heterocycles. The van der Waals surface area contributed by atoms with Crippen molar-refractivity contribution in [2.24, 2.45) is 0 Å². The highest BCUT2D eigenvalue weighted by molar-refractivity contribution is 7.92. The van der Waals surface area contributed by atoms with Crippen molar-refractivity contribution in [3.05, 3.63) is 60.4 Å². The van der Waals surface area contributed by atoms with Gasteiger partial charge in [-0.1, -0.05) is 30.3 Å². The molecule has 1 saturated carbocycles. The molecule has 1 aliphatic carbocycles. The molecule has 0 aromatic heterocycles. The maximum absolute atomic E-state index is 14.2. The summed E-state index contributed by atoms with van der Waals surface area (Å²) in [4.78, 5) is 12.1. The molecule has 0 bridgehead atoms. The Balaban J connectivity index is 1.98. The molecule has 0 aliphatic heterocycles. The normalized spacial score (nSPS) is 14.2. The van der Waals surface area contributed by atoms with Crippen LogP contribution in [0.3, 0.4) is 0 Å². The molecule has 2 aromatic carbocycles. The van der Waals surface area contributed by atoms with E-state index in [1.165, 1.54) is 36.4 Å². The summed E-state index contributed by atoms with van der Waals surface area (Å²) in [7, 11) is -4.05. The minimum absolute atomic E-state index is 0.00692. The minimum atomic E-state index is -4.05. The number of sulfonamides is 1. The largest absolute Gasteiger partial charge is 0.352 e. The van der Waals surface area contributed by atoms with E-state index in [0.717, 1.165) is 17.1 Å². The lowest BCUT2D eigenvalue weighted by atomic mass is 10.3. The van der Waals surface area contributed by atoms with Crippen LogP contribution < -0.4 is 9.62 Å². The van der Waals surface area contributed by atoms with E-state index in [1.54, 1.807) is 18.2 Å². The smallest absolute Gasteiger partial charge is 0.264 e. The van der Waals surface area contributed by atoms with Crippen LogP contribution in [0.5, 0.6) is 0 Å². The lowest BCUT2D eigenvalue weighted by Gasteiger charge is -2.24. The summed E-state index contributed by atoms with van der Waals surface area (Å²) in [6.45, 7) is -0.464. The van der Waals surface area contributed by atoms with Gasteiger partial charge in [0.1, 0.15) is 12.4 Å². The van der Waals surface area contributed by atoms with E-state index in [9.17, 15) is 17.6 Å². The summed E-state index contributed by atoms with van der Waals surface area (Å²) in [6.07, 6.45) is 1.77. The van der Waals surface area contributed by atoms with Crippen molar-refractivity contribution in [3.8, 4) is 0 Å². The third kappa shape index (κ3) is 3.56. The first kappa shape index (κ1) is 16.4. The van der Waals surface area contributed by atoms with Gasteiger partial charge < -0.3 is 5.32 Å². The van der Waals surface area contributed by atoms with Crippen LogP contribution in [0.2, 0.25) is 0 Å². The number of carbonyl (C=O) groups is 1. The van der Waals surface area contributed by atoms with Crippen molar-refractivity contribution in [1.82, 2.24) is 5.32 Å². The summed E-state index contributed by atoms with van der Waals surface area (Å²) < 4.78 is 40.8. The highest BCUT2D eigenvalue weighted by Crippen LogP contribution is 2.26. The molecule has 2 aromatic rings. The van der Waals surface area contributed by atoms with Crippen LogP contribution in [-0.2, 0) is 14.8 Å². The van der Waals surface area contributed by atoms with Gasteiger partial charge in [0, 0.05) is 6.04 Å². The van der Waals surface area contributed by atoms with Crippen molar-refractivity contribution in [1.29, 1.82) is 0 Å². The molecule has 0 radical (unpaired) electrons. The van der Waals surface area contributed by atoms with Crippen LogP contribution in [-0.4, -0.2) is 26.9 Å². The van der Waals surface area contributed by atoms with Crippen molar-refractivity contribution in [3.63, 3.8) is 0 Å². The zero-order valence-electron chi connectivity index (χ0n) is 12.9. The number of nitrogens with one attached hydrogen (secondary N) is 1. The highest BCUT2D eigenvalue weighted by atomic mass is 32.2. The Labute approximate surface area is 140 Å². The molecule has 7 heteroatoms. The molecule has 1 aliphatic rings. The van der Waals surface area contributed by atoms with Crippen LogP contribution in [0.1, 0.15) is 12.8 Å². The summed E-state index contributed by atoms with van der Waals surface area (Å²) >= 11 is 0. The second kappa shape index (κ2) is 6.60. The molecule has 0 spiro atoms. The minimum Gasteiger partial charge on any atom is -0.352 e. The van der Waals surface area contributed by atoms with Gasteiger partial charge in [-0.05, 0) is 37.1 Å². The van der Waals surface area contributed by atoms with Gasteiger partial charge in [0.05, 0.1) is 10.6 Å². The van der Waals surface area contributed by atoms with Crippen molar-refractivity contribution in [2.75, 3.05) is 10.8 Å². The number of amides is 1. The molecule has 3 rings (SSSR count). The van der Waals surface area contributed by atoms with E-state index >= 15 is 0 Å². The second-order valence-corrected chi connectivity index (χ2v) is 7.48. The Hall–Kier alpha value is -2.41. The van der Waals surface area contributed by atoms with Gasteiger partial charge in [-0.15, -0.1) is 0 Å². The topological polar surface area (TPSA) is 66.5 Å². The predicted molar refractivity (Wildman–Crippen MR) is 88.5 cm³/mol. The number of hydrogen-bond donors (Lipinski definition) is 1. The fourth-order valence-corrected chi connectivity index (χ4v) is 3.75. The number of halogens is 1. The maximum atomic E-state index is 14.2. The first-order valence-corrected chi connectivity index (χ1v) is 9.04. The molecule has 1 fully saturated rings. The second-order valence-electron chi connectivity index (χ2n) is 5.62. The fraction of sp³-hybridized carbons (Fsp3) is 0.235. The molecule has 0 saturated heterocycles. The first-order chi connectivity index (χ1) is 11.5. The molecule has 0 atom stereocenters. The Morgan fingerprint density at radius 3 is 2.33 bits per heavy atom. The van der Waals surface area contributed by atoms with Gasteiger partial charge in [0.25, 0.3) is 10.0 Å². The number of anilines is 1. The molecule has 24 heavy (non-hydrogen) atoms. The number of rotatable bonds is 6. The third-order valence-corrected chi connectivity index (χ3v) is 5.46. The van der Waals surface area contributed by atoms with E-state index in [0.29, 0.717) is 0 Å². The summed E-state index contributed by atoms with van der Waals surface area (Å²) in [5, 5.41) is 2.73. The Morgan fingerprint density at radius 1 is 1.08 bits per heavy atom. The number of nitrogens with zero attached hydrogens (tertiary/aromatic N) is 1. The number of benzene rings is 2. The molecule has 126 valence electrons. The van der Waals surface area contributed by atoms with Crippen LogP contribution in [0.15, 0.2) is 59.5 Å². The average Bonchev–Trinajstić information content (AvgIpc) is 3.38. The van der Waals surface area contributed by atoms with Crippen molar-refractivity contribution >= 4 is 21.6 Å². The van der Waals surface area contributed by atoms with E-state index in [4.69, 9.17) is 0 Å². The molecule has 1 N–H and O–H groups in total. The number of hydrogen-bond acceptors (Lipinski definition) is 3. The first-order valence-electron chi connectivity index (χ1n) is 7.60. The number of para-hydroxylation sites is 1. The molecule has 0 unspecified atom stereocenters. The summed E-state index contributed by atoms with van der Waals surface area (Å²) in [5.74, 6) is -1.14. The predicted octanol–water partition coefficient (Wildman–Crippen LogP) is 2.30. The van der Waals surface area contributed by atoms with Gasteiger partial charge in [-0.2, -0.15) is 0 Å². The quantitative estimate of drug-likeness (QED) is 0.871. The van der Waals surface area contributed by atoms with E-state index < -0.39 is 28.3 Å². The van der Waals surface area contributed by atoms with Crippen molar-refractivity contribution in [2.45, 2.75) is 23.8 Å². The Kier molecular flexibility index (Phi) is 4.53. The summed E-state index contributed by atoms with van der Waals surface area (Å²) in [5.41, 5.74) is -0.146. The number of carbonyl (C=O) groups excluding carboxylic acids is 1. The lowest BCUT2D eigenvalue weighted by Crippen LogP contribution is -2.41. The van der Waals surface area contributed by atoms with Gasteiger partial charge in [-0.25, -0.2) is 12.8 Å². The van der Waals surface area contributed by atoms with E-state index in [2.05, 4.69) is 5.32 Å². The maximum Gasteiger partial charge on any atom is 0.264 e. The van der Waals surface area contributed by atoms with Gasteiger partial charge >= 0.3 is 0 Å². The van der Waals surface area contributed by atoms with Crippen LogP contribution in [0, 0.1) is 5.82 Å². The lowest BCUT2D eigenvalue weighted by molar-refractivity contribution is -0.119. The fourth-order valence-electron chi connectivity index (χ4n) is 2.30. The highest BCUT2D eigenvalue weighted by Gasteiger charge is 2.31. The Morgan fingerprint density at radius 2 is 1.71 bits per heavy atom. The van der Waals surface area contributed by atoms with Gasteiger partial charge in [0.15, 0.2) is 0 Å². The van der Waals surface area contributed by atoms with Crippen LogP contribution in [0.25, 0.3) is 0 Å². The molecule has 1 amide bonds. The molecule has 5 nitrogen and oxygen atoms in total. The van der Waals surface area contributed by atoms with Gasteiger partial charge in [0.2, 0.25) is 5.91 Å². The van der Waals surface area contributed by atoms with E-state index in [1.807, 2.05) is 0 Å². The average molecular weight is 348 g/mol. The monoisotopic (exact) mass is 348 g/mol. The van der Waals surface area contributed by atoms with E-state index in [-0.39, 0.29) is 16.6 Å². The zero-order chi connectivity index (χ0) is 17.2. The van der Waals surface area contributed by atoms with Crippen LogP contribution in [0.4, 0.5) is 10.1 Å². The van der Waals surface area contributed by atoms with Crippen molar-refractivity contribution < 1.29 is 17.6 Å².